The third-order valence-electron chi connectivity index (χ3n) is 13.6. The normalized spacial score (nSPS) is 47.9. The van der Waals surface area contributed by atoms with E-state index >= 15 is 0 Å². The largest absolute Gasteiger partial charge is 0.481 e. The van der Waals surface area contributed by atoms with Crippen LogP contribution in [0.2, 0.25) is 5.15 Å². The van der Waals surface area contributed by atoms with Gasteiger partial charge in [0.05, 0.1) is 11.1 Å². The molecule has 1 N–H and O–H groups in total. The average Bonchev–Trinajstić information content (AvgIpc) is 2.82. The number of carbonyl (C=O) groups is 1. The summed E-state index contributed by atoms with van der Waals surface area (Å²) >= 11 is 6.74. The lowest BCUT2D eigenvalue weighted by molar-refractivity contribution is -0.179. The number of aliphatic carboxylic acids is 1. The molecule has 5 aliphatic carbocycles. The smallest absolute Gasteiger partial charge is 0.310 e. The number of fused-ring (bicyclic) bond motifs is 8. The Balaban J connectivity index is 1.49. The Kier molecular flexibility index (Phi) is 5.47. The molecule has 4 nitrogen and oxygen atoms in total. The summed E-state index contributed by atoms with van der Waals surface area (Å²) in [5, 5.41) is 11.2. The van der Waals surface area contributed by atoms with E-state index in [0.717, 1.165) is 49.8 Å². The van der Waals surface area contributed by atoms with Crippen LogP contribution in [0.15, 0.2) is 18.0 Å². The van der Waals surface area contributed by atoms with Crippen molar-refractivity contribution in [3.05, 3.63) is 34.4 Å². The molecule has 6 rings (SSSR count). The Bertz CT molecular complexity index is 1190. The number of allylic oxidation sites excluding steroid dienone is 2. The molecule has 9 unspecified atom stereocenters. The molecule has 1 aromatic heterocycles. The standard InChI is InChI=1S/C32H45ClN2O2/c1-18-10-13-32(27(36)37)15-14-30(6)21(24(32)19(18)2)8-9-23-29(5)16-20-25(34-17-35-26(20)33)28(3,4)22(29)11-12-31(23,30)7/h8,17-19,22-24H,9-16H2,1-7H3,(H,36,37). The molecule has 3 fully saturated rings. The molecule has 3 saturated carbocycles. The maximum atomic E-state index is 12.9. The van der Waals surface area contributed by atoms with Gasteiger partial charge in [-0.2, -0.15) is 0 Å². The van der Waals surface area contributed by atoms with E-state index < -0.39 is 11.4 Å². The molecule has 9 atom stereocenters. The second kappa shape index (κ2) is 7.83. The van der Waals surface area contributed by atoms with Crippen molar-refractivity contribution < 1.29 is 9.90 Å². The van der Waals surface area contributed by atoms with Gasteiger partial charge in [-0.1, -0.05) is 71.7 Å². The third kappa shape index (κ3) is 3.00. The molecule has 0 radical (unpaired) electrons. The Morgan fingerprint density at radius 1 is 1.00 bits per heavy atom. The number of carboxylic acid groups (broad SMARTS) is 1. The number of aromatic nitrogens is 2. The highest BCUT2D eigenvalue weighted by atomic mass is 35.5. The first-order valence-electron chi connectivity index (χ1n) is 14.7. The SMILES string of the molecule is CC1CCC2(C(=O)O)CCC3(C)C(=CCC4C5(C)Cc6c(Cl)ncnc6C(C)(C)C5CCC43C)C2C1C. The molecular formula is C32H45ClN2O2. The molecule has 0 saturated heterocycles. The summed E-state index contributed by atoms with van der Waals surface area (Å²) in [7, 11) is 0. The van der Waals surface area contributed by atoms with Crippen molar-refractivity contribution in [1.82, 2.24) is 9.97 Å². The summed E-state index contributed by atoms with van der Waals surface area (Å²) in [5.41, 5.74) is 3.40. The molecule has 5 heteroatoms. The summed E-state index contributed by atoms with van der Waals surface area (Å²) in [6, 6.07) is 0. The lowest BCUT2D eigenvalue weighted by Gasteiger charge is -2.70. The highest BCUT2D eigenvalue weighted by Crippen LogP contribution is 2.75. The first kappa shape index (κ1) is 25.8. The first-order chi connectivity index (χ1) is 17.2. The van der Waals surface area contributed by atoms with Crippen LogP contribution in [-0.4, -0.2) is 21.0 Å². The fourth-order valence-electron chi connectivity index (χ4n) is 11.3. The summed E-state index contributed by atoms with van der Waals surface area (Å²) in [6.45, 7) is 17.1. The first-order valence-corrected chi connectivity index (χ1v) is 15.1. The maximum Gasteiger partial charge on any atom is 0.310 e. The molecule has 0 aliphatic heterocycles. The summed E-state index contributed by atoms with van der Waals surface area (Å²) in [4.78, 5) is 22.1. The number of hydrogen-bond acceptors (Lipinski definition) is 3. The Hall–Kier alpha value is -1.42. The molecule has 0 bridgehead atoms. The summed E-state index contributed by atoms with van der Waals surface area (Å²) in [6.07, 6.45) is 12.2. The minimum atomic E-state index is -0.585. The van der Waals surface area contributed by atoms with E-state index in [1.165, 1.54) is 18.4 Å². The van der Waals surface area contributed by atoms with Crippen molar-refractivity contribution in [2.45, 2.75) is 105 Å². The van der Waals surface area contributed by atoms with E-state index in [-0.39, 0.29) is 27.6 Å². The zero-order chi connectivity index (χ0) is 26.8. The molecule has 0 spiro atoms. The Labute approximate surface area is 228 Å². The van der Waals surface area contributed by atoms with Gasteiger partial charge in [0.2, 0.25) is 0 Å². The number of nitrogens with zero attached hydrogens (tertiary/aromatic N) is 2. The van der Waals surface area contributed by atoms with E-state index in [4.69, 9.17) is 16.6 Å². The molecule has 37 heavy (non-hydrogen) atoms. The monoisotopic (exact) mass is 524 g/mol. The molecule has 0 amide bonds. The average molecular weight is 525 g/mol. The van der Waals surface area contributed by atoms with Crippen LogP contribution >= 0.6 is 11.6 Å². The highest BCUT2D eigenvalue weighted by molar-refractivity contribution is 6.30. The van der Waals surface area contributed by atoms with Crippen LogP contribution in [0.4, 0.5) is 0 Å². The fourth-order valence-corrected chi connectivity index (χ4v) is 11.5. The predicted molar refractivity (Wildman–Crippen MR) is 147 cm³/mol. The fraction of sp³-hybridized carbons (Fsp3) is 0.781. The van der Waals surface area contributed by atoms with Gasteiger partial charge in [-0.25, -0.2) is 9.97 Å². The van der Waals surface area contributed by atoms with E-state index in [1.807, 2.05) is 0 Å². The van der Waals surface area contributed by atoms with Gasteiger partial charge in [0.15, 0.2) is 0 Å². The zero-order valence-corrected chi connectivity index (χ0v) is 24.6. The zero-order valence-electron chi connectivity index (χ0n) is 23.8. The van der Waals surface area contributed by atoms with E-state index in [2.05, 4.69) is 59.5 Å². The van der Waals surface area contributed by atoms with Crippen LogP contribution in [0.25, 0.3) is 0 Å². The quantitative estimate of drug-likeness (QED) is 0.299. The minimum absolute atomic E-state index is 0.0280. The highest BCUT2D eigenvalue weighted by Gasteiger charge is 2.69. The van der Waals surface area contributed by atoms with Gasteiger partial charge in [-0.3, -0.25) is 4.79 Å². The molecule has 5 aliphatic rings. The van der Waals surface area contributed by atoms with Crippen LogP contribution in [0.1, 0.15) is 105 Å². The van der Waals surface area contributed by atoms with Crippen molar-refractivity contribution in [1.29, 1.82) is 0 Å². The molecule has 202 valence electrons. The second-order valence-corrected chi connectivity index (χ2v) is 15.4. The second-order valence-electron chi connectivity index (χ2n) is 15.0. The topological polar surface area (TPSA) is 63.1 Å². The summed E-state index contributed by atoms with van der Waals surface area (Å²) < 4.78 is 0. The van der Waals surface area contributed by atoms with Crippen LogP contribution in [0.3, 0.4) is 0 Å². The lowest BCUT2D eigenvalue weighted by atomic mass is 9.33. The maximum absolute atomic E-state index is 12.9. The minimum Gasteiger partial charge on any atom is -0.481 e. The Morgan fingerprint density at radius 3 is 2.43 bits per heavy atom. The van der Waals surface area contributed by atoms with E-state index in [9.17, 15) is 9.90 Å². The van der Waals surface area contributed by atoms with Gasteiger partial charge in [0.25, 0.3) is 0 Å². The van der Waals surface area contributed by atoms with Crippen molar-refractivity contribution in [2.24, 2.45) is 51.2 Å². The van der Waals surface area contributed by atoms with Gasteiger partial charge in [-0.05, 0) is 97.2 Å². The molecular weight excluding hydrogens is 480 g/mol. The molecule has 1 aromatic rings. The van der Waals surface area contributed by atoms with Gasteiger partial charge >= 0.3 is 5.97 Å². The van der Waals surface area contributed by atoms with E-state index in [0.29, 0.717) is 28.8 Å². The number of halogens is 1. The van der Waals surface area contributed by atoms with Crippen molar-refractivity contribution in [2.75, 3.05) is 0 Å². The summed E-state index contributed by atoms with van der Waals surface area (Å²) in [5.74, 6) is 1.62. The van der Waals surface area contributed by atoms with Crippen molar-refractivity contribution in [3.8, 4) is 0 Å². The van der Waals surface area contributed by atoms with Crippen molar-refractivity contribution >= 4 is 17.6 Å². The van der Waals surface area contributed by atoms with Gasteiger partial charge < -0.3 is 5.11 Å². The van der Waals surface area contributed by atoms with Crippen LogP contribution < -0.4 is 0 Å². The number of rotatable bonds is 1. The molecule has 1 heterocycles. The number of hydrogen-bond donors (Lipinski definition) is 1. The van der Waals surface area contributed by atoms with Crippen LogP contribution in [0.5, 0.6) is 0 Å². The lowest BCUT2D eigenvalue weighted by Crippen LogP contribution is -2.65. The van der Waals surface area contributed by atoms with Gasteiger partial charge in [-0.15, -0.1) is 0 Å². The number of carboxylic acids is 1. The van der Waals surface area contributed by atoms with Crippen molar-refractivity contribution in [3.63, 3.8) is 0 Å². The van der Waals surface area contributed by atoms with Gasteiger partial charge in [0, 0.05) is 11.0 Å². The van der Waals surface area contributed by atoms with Crippen LogP contribution in [-0.2, 0) is 16.6 Å². The van der Waals surface area contributed by atoms with E-state index in [1.54, 1.807) is 6.33 Å². The Morgan fingerprint density at radius 2 is 1.73 bits per heavy atom. The third-order valence-corrected chi connectivity index (χ3v) is 13.9. The van der Waals surface area contributed by atoms with Crippen LogP contribution in [0, 0.1) is 51.2 Å². The molecule has 0 aromatic carbocycles. The predicted octanol–water partition coefficient (Wildman–Crippen LogP) is 7.89. The van der Waals surface area contributed by atoms with Gasteiger partial charge in [0.1, 0.15) is 11.5 Å².